The minimum Gasteiger partial charge on any atom is -0.477 e. The highest BCUT2D eigenvalue weighted by molar-refractivity contribution is 6.08. The van der Waals surface area contributed by atoms with Gasteiger partial charge in [-0.3, -0.25) is 14.9 Å². The van der Waals surface area contributed by atoms with Gasteiger partial charge in [-0.2, -0.15) is 5.10 Å². The molecule has 0 spiro atoms. The molecule has 0 fully saturated rings. The standard InChI is InChI=1S/C20H11FN4O7/c21-11-1-3-12(4-2-11)24-17(15(9-22-24)19(27)28)23-18(26)14-8-10-7-13(25(30)31)5-6-16(10)32-20(14)29/h1-9H,(H,23,26)(H,27,28). The van der Waals surface area contributed by atoms with E-state index >= 15 is 0 Å². The van der Waals surface area contributed by atoms with E-state index in [1.54, 1.807) is 0 Å². The third-order valence-corrected chi connectivity index (χ3v) is 4.47. The normalized spacial score (nSPS) is 10.8. The van der Waals surface area contributed by atoms with E-state index in [1.807, 2.05) is 0 Å². The first kappa shape index (κ1) is 20.4. The van der Waals surface area contributed by atoms with Crippen molar-refractivity contribution in [1.82, 2.24) is 9.78 Å². The van der Waals surface area contributed by atoms with Gasteiger partial charge < -0.3 is 14.8 Å². The smallest absolute Gasteiger partial charge is 0.349 e. The molecule has 0 radical (unpaired) electrons. The number of hydrogen-bond donors (Lipinski definition) is 2. The number of nitrogens with zero attached hydrogens (tertiary/aromatic N) is 3. The van der Waals surface area contributed by atoms with E-state index < -0.39 is 33.8 Å². The average molecular weight is 438 g/mol. The Labute approximate surface area is 176 Å². The van der Waals surface area contributed by atoms with E-state index in [2.05, 4.69) is 10.4 Å². The molecule has 12 heteroatoms. The summed E-state index contributed by atoms with van der Waals surface area (Å²) in [4.78, 5) is 47.0. The molecule has 160 valence electrons. The number of aromatic carboxylic acids is 1. The lowest BCUT2D eigenvalue weighted by atomic mass is 10.1. The van der Waals surface area contributed by atoms with Crippen LogP contribution in [0.25, 0.3) is 16.7 Å². The number of carbonyl (C=O) groups is 2. The van der Waals surface area contributed by atoms with Crippen LogP contribution in [0.4, 0.5) is 15.9 Å². The fraction of sp³-hybridized carbons (Fsp3) is 0. The van der Waals surface area contributed by atoms with E-state index in [4.69, 9.17) is 4.42 Å². The minimum absolute atomic E-state index is 0.0275. The number of carbonyl (C=O) groups excluding carboxylic acids is 1. The zero-order valence-electron chi connectivity index (χ0n) is 15.8. The van der Waals surface area contributed by atoms with E-state index in [-0.39, 0.29) is 33.7 Å². The fourth-order valence-corrected chi connectivity index (χ4v) is 2.96. The summed E-state index contributed by atoms with van der Waals surface area (Å²) in [6.07, 6.45) is 0.980. The zero-order chi connectivity index (χ0) is 23.0. The lowest BCUT2D eigenvalue weighted by Gasteiger charge is -2.10. The Hall–Kier alpha value is -4.87. The quantitative estimate of drug-likeness (QED) is 0.273. The highest BCUT2D eigenvalue weighted by Gasteiger charge is 2.23. The zero-order valence-corrected chi connectivity index (χ0v) is 15.8. The number of amides is 1. The van der Waals surface area contributed by atoms with Crippen LogP contribution in [0.3, 0.4) is 0 Å². The molecule has 2 aromatic carbocycles. The van der Waals surface area contributed by atoms with Crippen LogP contribution in [0.15, 0.2) is 63.9 Å². The van der Waals surface area contributed by atoms with Crippen molar-refractivity contribution in [3.8, 4) is 5.69 Å². The van der Waals surface area contributed by atoms with Crippen LogP contribution in [-0.2, 0) is 0 Å². The molecule has 2 N–H and O–H groups in total. The van der Waals surface area contributed by atoms with Crippen molar-refractivity contribution in [1.29, 1.82) is 0 Å². The molecule has 2 aromatic heterocycles. The van der Waals surface area contributed by atoms with Gasteiger partial charge in [0.15, 0.2) is 5.82 Å². The summed E-state index contributed by atoms with van der Waals surface area (Å²) in [5, 5.41) is 26.7. The molecule has 4 rings (SSSR count). The molecular weight excluding hydrogens is 427 g/mol. The van der Waals surface area contributed by atoms with Crippen LogP contribution < -0.4 is 10.9 Å². The van der Waals surface area contributed by atoms with E-state index in [1.165, 1.54) is 18.2 Å². The number of nitro groups is 1. The van der Waals surface area contributed by atoms with E-state index in [9.17, 15) is 34.0 Å². The Balaban J connectivity index is 1.77. The molecule has 2 heterocycles. The Morgan fingerprint density at radius 3 is 2.50 bits per heavy atom. The fourth-order valence-electron chi connectivity index (χ4n) is 2.96. The van der Waals surface area contributed by atoms with Gasteiger partial charge in [-0.05, 0) is 36.4 Å². The summed E-state index contributed by atoms with van der Waals surface area (Å²) in [5.41, 5.74) is -1.94. The van der Waals surface area contributed by atoms with Crippen molar-refractivity contribution >= 4 is 34.4 Å². The predicted molar refractivity (Wildman–Crippen MR) is 108 cm³/mol. The number of fused-ring (bicyclic) bond motifs is 1. The second kappa shape index (κ2) is 7.75. The number of non-ortho nitro benzene ring substituents is 1. The maximum absolute atomic E-state index is 13.2. The van der Waals surface area contributed by atoms with Gasteiger partial charge in [0.05, 0.1) is 16.8 Å². The minimum atomic E-state index is -1.41. The summed E-state index contributed by atoms with van der Waals surface area (Å²) < 4.78 is 19.3. The number of rotatable bonds is 5. The van der Waals surface area contributed by atoms with Crippen LogP contribution in [0.1, 0.15) is 20.7 Å². The molecule has 1 amide bonds. The highest BCUT2D eigenvalue weighted by atomic mass is 19.1. The Kier molecular flexibility index (Phi) is 4.94. The van der Waals surface area contributed by atoms with Crippen molar-refractivity contribution in [2.24, 2.45) is 0 Å². The number of benzene rings is 2. The first-order valence-corrected chi connectivity index (χ1v) is 8.85. The largest absolute Gasteiger partial charge is 0.477 e. The number of carboxylic acids is 1. The number of nitrogens with one attached hydrogen (secondary N) is 1. The van der Waals surface area contributed by atoms with Gasteiger partial charge in [-0.25, -0.2) is 18.7 Å². The topological polar surface area (TPSA) is 158 Å². The number of anilines is 1. The molecular formula is C20H11FN4O7. The Morgan fingerprint density at radius 2 is 1.84 bits per heavy atom. The second-order valence-corrected chi connectivity index (χ2v) is 6.48. The van der Waals surface area contributed by atoms with E-state index in [0.29, 0.717) is 0 Å². The molecule has 11 nitrogen and oxygen atoms in total. The molecule has 32 heavy (non-hydrogen) atoms. The van der Waals surface area contributed by atoms with Crippen LogP contribution in [0.5, 0.6) is 0 Å². The number of carboxylic acid groups (broad SMARTS) is 1. The first-order valence-electron chi connectivity index (χ1n) is 8.85. The third kappa shape index (κ3) is 3.67. The van der Waals surface area contributed by atoms with Crippen molar-refractivity contribution in [3.63, 3.8) is 0 Å². The molecule has 4 aromatic rings. The number of hydrogen-bond acceptors (Lipinski definition) is 7. The summed E-state index contributed by atoms with van der Waals surface area (Å²) in [5.74, 6) is -3.26. The molecule has 0 aliphatic carbocycles. The lowest BCUT2D eigenvalue weighted by Crippen LogP contribution is -2.23. The van der Waals surface area contributed by atoms with Gasteiger partial charge in [0, 0.05) is 17.5 Å². The molecule has 0 aliphatic rings. The van der Waals surface area contributed by atoms with Gasteiger partial charge >= 0.3 is 11.6 Å². The average Bonchev–Trinajstić information content (AvgIpc) is 3.17. The monoisotopic (exact) mass is 438 g/mol. The second-order valence-electron chi connectivity index (χ2n) is 6.48. The van der Waals surface area contributed by atoms with Gasteiger partial charge in [0.1, 0.15) is 22.5 Å². The SMILES string of the molecule is O=C(O)c1cnn(-c2ccc(F)cc2)c1NC(=O)c1cc2cc([N+](=O)[O-])ccc2oc1=O. The van der Waals surface area contributed by atoms with Crippen molar-refractivity contribution < 1.29 is 28.4 Å². The maximum atomic E-state index is 13.2. The van der Waals surface area contributed by atoms with Crippen molar-refractivity contribution in [2.75, 3.05) is 5.32 Å². The summed E-state index contributed by atoms with van der Waals surface area (Å²) in [7, 11) is 0. The molecule has 0 atom stereocenters. The molecule has 0 bridgehead atoms. The van der Waals surface area contributed by atoms with Gasteiger partial charge in [-0.15, -0.1) is 0 Å². The molecule has 0 unspecified atom stereocenters. The molecule has 0 saturated heterocycles. The van der Waals surface area contributed by atoms with Crippen LogP contribution in [0.2, 0.25) is 0 Å². The lowest BCUT2D eigenvalue weighted by molar-refractivity contribution is -0.384. The van der Waals surface area contributed by atoms with Crippen LogP contribution >= 0.6 is 0 Å². The number of halogens is 1. The van der Waals surface area contributed by atoms with Gasteiger partial charge in [-0.1, -0.05) is 0 Å². The van der Waals surface area contributed by atoms with Gasteiger partial charge in [0.2, 0.25) is 0 Å². The summed E-state index contributed by atoms with van der Waals surface area (Å²) in [6, 6.07) is 9.46. The first-order chi connectivity index (χ1) is 15.2. The predicted octanol–water partition coefficient (Wildman–Crippen LogP) is 2.98. The van der Waals surface area contributed by atoms with E-state index in [0.717, 1.165) is 41.2 Å². The Morgan fingerprint density at radius 1 is 1.12 bits per heavy atom. The van der Waals surface area contributed by atoms with Crippen molar-refractivity contribution in [2.45, 2.75) is 0 Å². The third-order valence-electron chi connectivity index (χ3n) is 4.47. The summed E-state index contributed by atoms with van der Waals surface area (Å²) >= 11 is 0. The number of aromatic nitrogens is 2. The van der Waals surface area contributed by atoms with Crippen LogP contribution in [0, 0.1) is 15.9 Å². The Bertz CT molecular complexity index is 1460. The van der Waals surface area contributed by atoms with Gasteiger partial charge in [0.25, 0.3) is 11.6 Å². The number of nitro benzene ring substituents is 1. The summed E-state index contributed by atoms with van der Waals surface area (Å²) in [6.45, 7) is 0. The molecule has 0 aliphatic heterocycles. The maximum Gasteiger partial charge on any atom is 0.349 e. The molecule has 0 saturated carbocycles. The highest BCUT2D eigenvalue weighted by Crippen LogP contribution is 2.23. The van der Waals surface area contributed by atoms with Crippen molar-refractivity contribution in [3.05, 3.63) is 92.2 Å². The van der Waals surface area contributed by atoms with Crippen LogP contribution in [-0.4, -0.2) is 31.7 Å².